The van der Waals surface area contributed by atoms with Gasteiger partial charge in [-0.05, 0) is 31.6 Å². The lowest BCUT2D eigenvalue weighted by atomic mass is 9.80. The van der Waals surface area contributed by atoms with Crippen LogP contribution in [0, 0.1) is 0 Å². The topological polar surface area (TPSA) is 83.8 Å². The molecule has 0 amide bonds. The van der Waals surface area contributed by atoms with Crippen molar-refractivity contribution in [3.63, 3.8) is 0 Å². The van der Waals surface area contributed by atoms with Crippen molar-refractivity contribution in [3.05, 3.63) is 35.3 Å². The van der Waals surface area contributed by atoms with E-state index in [0.29, 0.717) is 17.8 Å². The molecule has 0 aromatic rings. The largest absolute Gasteiger partial charge is 0.468 e. The lowest BCUT2D eigenvalue weighted by Gasteiger charge is -2.27. The molecule has 0 unspecified atom stereocenters. The van der Waals surface area contributed by atoms with Crippen LogP contribution in [0.1, 0.15) is 20.3 Å². The maximum atomic E-state index is 11.9. The molecule has 96 valence electrons. The molecule has 5 nitrogen and oxygen atoms in total. The Hall–Kier alpha value is -1.72. The van der Waals surface area contributed by atoms with Crippen molar-refractivity contribution in [2.75, 3.05) is 0 Å². The highest BCUT2D eigenvalue weighted by Crippen LogP contribution is 2.31. The van der Waals surface area contributed by atoms with Crippen LogP contribution in [0.4, 0.5) is 0 Å². The van der Waals surface area contributed by atoms with E-state index in [1.54, 1.807) is 6.92 Å². The van der Waals surface area contributed by atoms with Crippen LogP contribution in [0.3, 0.4) is 0 Å². The normalized spacial score (nSPS) is 28.8. The number of aliphatic hydroxyl groups is 2. The van der Waals surface area contributed by atoms with Gasteiger partial charge in [0, 0.05) is 6.42 Å². The van der Waals surface area contributed by atoms with E-state index < -0.39 is 23.3 Å². The zero-order valence-corrected chi connectivity index (χ0v) is 10.1. The standard InChI is InChI=1S/C13H14O5/c1-7(14)3-9-4-8-5-11(15)13(2,17)12(16)10(8)6-18-9/h4-7,14,17H,3H2,1-2H3/t7-,13+/m0/s1. The third-order valence-electron chi connectivity index (χ3n) is 2.91. The Morgan fingerprint density at radius 2 is 2.06 bits per heavy atom. The van der Waals surface area contributed by atoms with Gasteiger partial charge < -0.3 is 14.9 Å². The number of rotatable bonds is 2. The van der Waals surface area contributed by atoms with Crippen LogP contribution in [-0.2, 0) is 14.3 Å². The number of Topliss-reactive ketones (excluding diaryl/α,β-unsaturated/α-hetero) is 1. The van der Waals surface area contributed by atoms with Crippen LogP contribution in [0.25, 0.3) is 0 Å². The molecule has 5 heteroatoms. The molecule has 2 atom stereocenters. The van der Waals surface area contributed by atoms with E-state index in [1.165, 1.54) is 25.3 Å². The predicted octanol–water partition coefficient (Wildman–Crippen LogP) is 0.384. The molecule has 0 saturated carbocycles. The van der Waals surface area contributed by atoms with Crippen molar-refractivity contribution >= 4 is 11.6 Å². The Kier molecular flexibility index (Phi) is 2.96. The highest BCUT2D eigenvalue weighted by Gasteiger charge is 2.44. The number of allylic oxidation sites excluding steroid dienone is 2. The van der Waals surface area contributed by atoms with Crippen LogP contribution in [-0.4, -0.2) is 33.5 Å². The van der Waals surface area contributed by atoms with Gasteiger partial charge in [0.25, 0.3) is 0 Å². The molecule has 1 aliphatic heterocycles. The maximum absolute atomic E-state index is 11.9. The monoisotopic (exact) mass is 250 g/mol. The Bertz CT molecular complexity index is 505. The zero-order valence-electron chi connectivity index (χ0n) is 10.1. The minimum absolute atomic E-state index is 0.175. The second-order valence-corrected chi connectivity index (χ2v) is 4.68. The molecular weight excluding hydrogens is 236 g/mol. The first-order valence-corrected chi connectivity index (χ1v) is 5.61. The summed E-state index contributed by atoms with van der Waals surface area (Å²) in [4.78, 5) is 23.5. The van der Waals surface area contributed by atoms with E-state index in [4.69, 9.17) is 4.74 Å². The first kappa shape index (κ1) is 12.7. The molecular formula is C13H14O5. The molecule has 1 aliphatic carbocycles. The fourth-order valence-electron chi connectivity index (χ4n) is 1.85. The van der Waals surface area contributed by atoms with Crippen molar-refractivity contribution in [1.29, 1.82) is 0 Å². The Balaban J connectivity index is 2.37. The average molecular weight is 250 g/mol. The Morgan fingerprint density at radius 1 is 1.39 bits per heavy atom. The molecule has 0 radical (unpaired) electrons. The molecule has 0 saturated heterocycles. The molecule has 18 heavy (non-hydrogen) atoms. The number of hydrogen-bond donors (Lipinski definition) is 2. The van der Waals surface area contributed by atoms with Gasteiger partial charge >= 0.3 is 0 Å². The summed E-state index contributed by atoms with van der Waals surface area (Å²) in [7, 11) is 0. The van der Waals surface area contributed by atoms with Crippen LogP contribution >= 0.6 is 0 Å². The first-order valence-electron chi connectivity index (χ1n) is 5.61. The van der Waals surface area contributed by atoms with Gasteiger partial charge in [-0.2, -0.15) is 0 Å². The molecule has 0 aromatic heterocycles. The van der Waals surface area contributed by atoms with Gasteiger partial charge in [0.05, 0.1) is 11.7 Å². The summed E-state index contributed by atoms with van der Waals surface area (Å²) in [5.74, 6) is -0.839. The summed E-state index contributed by atoms with van der Waals surface area (Å²) in [6, 6.07) is 0. The number of ketones is 2. The average Bonchev–Trinajstić information content (AvgIpc) is 2.26. The molecule has 0 aromatic carbocycles. The lowest BCUT2D eigenvalue weighted by molar-refractivity contribution is -0.144. The molecule has 0 spiro atoms. The van der Waals surface area contributed by atoms with Gasteiger partial charge in [-0.25, -0.2) is 0 Å². The number of carbonyl (C=O) groups is 2. The number of fused-ring (bicyclic) bond motifs is 1. The molecule has 2 aliphatic rings. The summed E-state index contributed by atoms with van der Waals surface area (Å²) >= 11 is 0. The molecule has 0 bridgehead atoms. The van der Waals surface area contributed by atoms with Gasteiger partial charge in [-0.15, -0.1) is 0 Å². The van der Waals surface area contributed by atoms with Crippen molar-refractivity contribution in [1.82, 2.24) is 0 Å². The minimum atomic E-state index is -2.02. The summed E-state index contributed by atoms with van der Waals surface area (Å²) in [5.41, 5.74) is -1.43. The third kappa shape index (κ3) is 2.02. The second-order valence-electron chi connectivity index (χ2n) is 4.68. The van der Waals surface area contributed by atoms with Crippen LogP contribution in [0.15, 0.2) is 35.3 Å². The number of carbonyl (C=O) groups excluding carboxylic acids is 2. The highest BCUT2D eigenvalue weighted by molar-refractivity contribution is 6.25. The Morgan fingerprint density at radius 3 is 2.67 bits per heavy atom. The quantitative estimate of drug-likeness (QED) is 0.692. The van der Waals surface area contributed by atoms with E-state index in [1.807, 2.05) is 0 Å². The van der Waals surface area contributed by atoms with E-state index >= 15 is 0 Å². The van der Waals surface area contributed by atoms with Gasteiger partial charge in [-0.1, -0.05) is 0 Å². The van der Waals surface area contributed by atoms with Crippen molar-refractivity contribution < 1.29 is 24.5 Å². The zero-order chi connectivity index (χ0) is 13.5. The molecule has 1 heterocycles. The smallest absolute Gasteiger partial charge is 0.205 e. The van der Waals surface area contributed by atoms with Crippen molar-refractivity contribution in [2.45, 2.75) is 32.0 Å². The lowest BCUT2D eigenvalue weighted by Crippen LogP contribution is -2.46. The second kappa shape index (κ2) is 4.19. The van der Waals surface area contributed by atoms with E-state index in [2.05, 4.69) is 0 Å². The van der Waals surface area contributed by atoms with E-state index in [9.17, 15) is 19.8 Å². The van der Waals surface area contributed by atoms with E-state index in [-0.39, 0.29) is 5.57 Å². The molecule has 0 fully saturated rings. The van der Waals surface area contributed by atoms with E-state index in [0.717, 1.165) is 0 Å². The number of aliphatic hydroxyl groups excluding tert-OH is 1. The third-order valence-corrected chi connectivity index (χ3v) is 2.91. The van der Waals surface area contributed by atoms with Crippen molar-refractivity contribution in [3.8, 4) is 0 Å². The first-order chi connectivity index (χ1) is 8.32. The number of hydrogen-bond acceptors (Lipinski definition) is 5. The summed E-state index contributed by atoms with van der Waals surface area (Å²) in [5, 5.41) is 19.0. The van der Waals surface area contributed by atoms with Crippen LogP contribution < -0.4 is 0 Å². The SMILES string of the molecule is C[C@H](O)CC1=CC2=CC(=O)[C@@](C)(O)C(=O)C2=CO1. The summed E-state index contributed by atoms with van der Waals surface area (Å²) in [6.45, 7) is 2.78. The van der Waals surface area contributed by atoms with Crippen LogP contribution in [0.5, 0.6) is 0 Å². The van der Waals surface area contributed by atoms with Crippen molar-refractivity contribution in [2.24, 2.45) is 0 Å². The fraction of sp³-hybridized carbons (Fsp3) is 0.385. The van der Waals surface area contributed by atoms with Crippen LogP contribution in [0.2, 0.25) is 0 Å². The maximum Gasteiger partial charge on any atom is 0.205 e. The van der Waals surface area contributed by atoms with Gasteiger partial charge in [-0.3, -0.25) is 9.59 Å². The minimum Gasteiger partial charge on any atom is -0.468 e. The Labute approximate surface area is 104 Å². The van der Waals surface area contributed by atoms with Gasteiger partial charge in [0.2, 0.25) is 5.78 Å². The number of ether oxygens (including phenoxy) is 1. The highest BCUT2D eigenvalue weighted by atomic mass is 16.5. The van der Waals surface area contributed by atoms with Gasteiger partial charge in [0.1, 0.15) is 12.0 Å². The molecule has 2 rings (SSSR count). The fourth-order valence-corrected chi connectivity index (χ4v) is 1.85. The predicted molar refractivity (Wildman–Crippen MR) is 62.3 cm³/mol. The summed E-state index contributed by atoms with van der Waals surface area (Å²) < 4.78 is 5.21. The molecule has 2 N–H and O–H groups in total. The summed E-state index contributed by atoms with van der Waals surface area (Å²) in [6.07, 6.45) is 3.68. The van der Waals surface area contributed by atoms with Gasteiger partial charge in [0.15, 0.2) is 11.4 Å².